The van der Waals surface area contributed by atoms with E-state index in [2.05, 4.69) is 32.3 Å². The first kappa shape index (κ1) is 16.0. The molecule has 8 heteroatoms. The molecule has 5 rings (SSSR count). The maximum atomic E-state index is 12.6. The lowest BCUT2D eigenvalue weighted by Crippen LogP contribution is -2.48. The summed E-state index contributed by atoms with van der Waals surface area (Å²) in [6, 6.07) is 3.91. The third-order valence-corrected chi connectivity index (χ3v) is 6.46. The fourth-order valence-electron chi connectivity index (χ4n) is 3.17. The van der Waals surface area contributed by atoms with Gasteiger partial charge in [-0.25, -0.2) is 4.98 Å². The van der Waals surface area contributed by atoms with Crippen LogP contribution < -0.4 is 4.90 Å². The topological polar surface area (TPSA) is 62.5 Å². The summed E-state index contributed by atoms with van der Waals surface area (Å²) in [5, 5.41) is 11.3. The molecule has 1 aliphatic heterocycles. The van der Waals surface area contributed by atoms with Crippen LogP contribution in [0.15, 0.2) is 32.8 Å². The van der Waals surface area contributed by atoms with Crippen molar-refractivity contribution in [2.24, 2.45) is 0 Å². The van der Waals surface area contributed by atoms with Gasteiger partial charge in [-0.15, -0.1) is 11.3 Å². The van der Waals surface area contributed by atoms with Crippen molar-refractivity contribution in [1.82, 2.24) is 15.0 Å². The van der Waals surface area contributed by atoms with Crippen LogP contribution in [0.5, 0.6) is 0 Å². The first-order valence-electron chi connectivity index (χ1n) is 8.77. The lowest BCUT2D eigenvalue weighted by atomic mass is 10.2. The minimum Gasteiger partial charge on any atom is -0.360 e. The van der Waals surface area contributed by atoms with E-state index in [1.807, 2.05) is 11.0 Å². The minimum absolute atomic E-state index is 0.0293. The van der Waals surface area contributed by atoms with Crippen molar-refractivity contribution in [2.75, 3.05) is 31.1 Å². The van der Waals surface area contributed by atoms with Crippen molar-refractivity contribution in [3.05, 3.63) is 39.7 Å². The number of thiophene rings is 1. The number of carbonyl (C=O) groups excluding carboxylic acids is 1. The Kier molecular flexibility index (Phi) is 4.01. The van der Waals surface area contributed by atoms with Crippen LogP contribution in [0.2, 0.25) is 0 Å². The van der Waals surface area contributed by atoms with Crippen molar-refractivity contribution >= 4 is 33.7 Å². The second-order valence-electron chi connectivity index (χ2n) is 6.70. The van der Waals surface area contributed by atoms with E-state index in [1.54, 1.807) is 22.7 Å². The number of carbonyl (C=O) groups is 1. The van der Waals surface area contributed by atoms with E-state index in [-0.39, 0.29) is 5.91 Å². The minimum atomic E-state index is -0.0293. The Balaban J connectivity index is 1.22. The Labute approximate surface area is 159 Å². The summed E-state index contributed by atoms with van der Waals surface area (Å²) < 4.78 is 5.31. The average molecular weight is 387 g/mol. The van der Waals surface area contributed by atoms with Crippen LogP contribution in [0.1, 0.15) is 35.0 Å². The number of hydrogen-bond donors (Lipinski definition) is 0. The van der Waals surface area contributed by atoms with E-state index in [9.17, 15) is 4.79 Å². The van der Waals surface area contributed by atoms with Gasteiger partial charge in [0.2, 0.25) is 0 Å². The lowest BCUT2D eigenvalue weighted by Gasteiger charge is -2.34. The number of rotatable bonds is 4. The zero-order valence-electron chi connectivity index (χ0n) is 14.1. The molecule has 1 saturated heterocycles. The van der Waals surface area contributed by atoms with Gasteiger partial charge < -0.3 is 14.3 Å². The summed E-state index contributed by atoms with van der Waals surface area (Å²) in [5.74, 6) is 1.30. The molecule has 0 radical (unpaired) electrons. The molecule has 26 heavy (non-hydrogen) atoms. The lowest BCUT2D eigenvalue weighted by molar-refractivity contribution is 0.0736. The summed E-state index contributed by atoms with van der Waals surface area (Å²) >= 11 is 3.34. The number of aromatic nitrogens is 2. The van der Waals surface area contributed by atoms with E-state index < -0.39 is 0 Å². The largest absolute Gasteiger partial charge is 0.360 e. The molecule has 4 heterocycles. The highest BCUT2D eigenvalue weighted by atomic mass is 32.1. The molecular formula is C18H18N4O2S2. The standard InChI is InChI=1S/C18H18N4O2S2/c23-17(14-9-16(24-20-14)12-1-2-12)21-4-6-22(7-5-21)18-19-15(11-26-18)13-3-8-25-10-13/h3,8-12H,1-2,4-7H2. The Bertz CT molecular complexity index is 905. The first-order chi connectivity index (χ1) is 12.8. The Morgan fingerprint density at radius 2 is 2.04 bits per heavy atom. The van der Waals surface area contributed by atoms with Gasteiger partial charge in [0.05, 0.1) is 5.69 Å². The van der Waals surface area contributed by atoms with Crippen molar-refractivity contribution < 1.29 is 9.32 Å². The maximum absolute atomic E-state index is 12.6. The van der Waals surface area contributed by atoms with Gasteiger partial charge in [-0.1, -0.05) is 5.16 Å². The first-order valence-corrected chi connectivity index (χ1v) is 10.6. The van der Waals surface area contributed by atoms with E-state index in [4.69, 9.17) is 9.51 Å². The van der Waals surface area contributed by atoms with Gasteiger partial charge in [0.25, 0.3) is 5.91 Å². The monoisotopic (exact) mass is 386 g/mol. The SMILES string of the molecule is O=C(c1cc(C2CC2)on1)N1CCN(c2nc(-c3ccsc3)cs2)CC1. The van der Waals surface area contributed by atoms with Crippen LogP contribution in [0, 0.1) is 0 Å². The van der Waals surface area contributed by atoms with Crippen molar-refractivity contribution in [3.63, 3.8) is 0 Å². The van der Waals surface area contributed by atoms with Crippen LogP contribution in [0.25, 0.3) is 11.3 Å². The van der Waals surface area contributed by atoms with E-state index in [0.29, 0.717) is 24.7 Å². The summed E-state index contributed by atoms with van der Waals surface area (Å²) in [5.41, 5.74) is 2.64. The van der Waals surface area contributed by atoms with E-state index >= 15 is 0 Å². The highest BCUT2D eigenvalue weighted by molar-refractivity contribution is 7.14. The second kappa shape index (κ2) is 6.51. The Morgan fingerprint density at radius 1 is 1.19 bits per heavy atom. The van der Waals surface area contributed by atoms with Crippen LogP contribution in [-0.2, 0) is 0 Å². The van der Waals surface area contributed by atoms with Crippen molar-refractivity contribution in [2.45, 2.75) is 18.8 Å². The zero-order valence-corrected chi connectivity index (χ0v) is 15.8. The molecule has 3 aromatic rings. The summed E-state index contributed by atoms with van der Waals surface area (Å²) in [6.07, 6.45) is 2.28. The van der Waals surface area contributed by atoms with Gasteiger partial charge in [-0.3, -0.25) is 4.79 Å². The summed E-state index contributed by atoms with van der Waals surface area (Å²) in [6.45, 7) is 2.93. The molecule has 0 bridgehead atoms. The summed E-state index contributed by atoms with van der Waals surface area (Å²) in [7, 11) is 0. The van der Waals surface area contributed by atoms with Gasteiger partial charge in [-0.2, -0.15) is 11.3 Å². The molecule has 2 fully saturated rings. The normalized spacial score (nSPS) is 17.7. The molecule has 1 aliphatic carbocycles. The van der Waals surface area contributed by atoms with Crippen LogP contribution in [-0.4, -0.2) is 47.1 Å². The molecule has 1 saturated carbocycles. The van der Waals surface area contributed by atoms with Crippen molar-refractivity contribution in [1.29, 1.82) is 0 Å². The molecule has 0 atom stereocenters. The number of thiazole rings is 1. The van der Waals surface area contributed by atoms with Crippen LogP contribution in [0.3, 0.4) is 0 Å². The number of piperazine rings is 1. The molecule has 2 aliphatic rings. The molecule has 0 unspecified atom stereocenters. The van der Waals surface area contributed by atoms with Crippen molar-refractivity contribution in [3.8, 4) is 11.3 Å². The molecular weight excluding hydrogens is 368 g/mol. The van der Waals surface area contributed by atoms with Crippen LogP contribution in [0.4, 0.5) is 5.13 Å². The van der Waals surface area contributed by atoms with Gasteiger partial charge in [-0.05, 0) is 24.3 Å². The van der Waals surface area contributed by atoms with Gasteiger partial charge in [0, 0.05) is 54.5 Å². The highest BCUT2D eigenvalue weighted by Crippen LogP contribution is 2.40. The molecule has 134 valence electrons. The molecule has 0 spiro atoms. The van der Waals surface area contributed by atoms with Gasteiger partial charge in [0.1, 0.15) is 5.76 Å². The predicted octanol–water partition coefficient (Wildman–Crippen LogP) is 3.70. The smallest absolute Gasteiger partial charge is 0.276 e. The van der Waals surface area contributed by atoms with E-state index in [1.165, 1.54) is 5.56 Å². The summed E-state index contributed by atoms with van der Waals surface area (Å²) in [4.78, 5) is 21.5. The maximum Gasteiger partial charge on any atom is 0.276 e. The Morgan fingerprint density at radius 3 is 2.77 bits per heavy atom. The zero-order chi connectivity index (χ0) is 17.5. The van der Waals surface area contributed by atoms with Gasteiger partial charge >= 0.3 is 0 Å². The number of nitrogens with zero attached hydrogens (tertiary/aromatic N) is 4. The molecule has 0 N–H and O–H groups in total. The number of hydrogen-bond acceptors (Lipinski definition) is 7. The molecule has 1 amide bonds. The third kappa shape index (κ3) is 3.03. The molecule has 6 nitrogen and oxygen atoms in total. The average Bonchev–Trinajstić information content (AvgIpc) is 3.14. The molecule has 3 aromatic heterocycles. The predicted molar refractivity (Wildman–Crippen MR) is 102 cm³/mol. The fourth-order valence-corrected chi connectivity index (χ4v) is 4.70. The number of anilines is 1. The highest BCUT2D eigenvalue weighted by Gasteiger charge is 2.31. The van der Waals surface area contributed by atoms with Gasteiger partial charge in [0.15, 0.2) is 10.8 Å². The molecule has 0 aromatic carbocycles. The quantitative estimate of drug-likeness (QED) is 0.684. The van der Waals surface area contributed by atoms with Crippen LogP contribution >= 0.6 is 22.7 Å². The fraction of sp³-hybridized carbons (Fsp3) is 0.389. The number of amides is 1. The van der Waals surface area contributed by atoms with E-state index in [0.717, 1.165) is 42.5 Å². The second-order valence-corrected chi connectivity index (χ2v) is 8.31. The third-order valence-electron chi connectivity index (χ3n) is 4.87. The Hall–Kier alpha value is -2.19.